The van der Waals surface area contributed by atoms with E-state index in [1.807, 2.05) is 0 Å². The van der Waals surface area contributed by atoms with Crippen LogP contribution in [0.1, 0.15) is 15.9 Å². The number of nitrogens with one attached hydrogen (secondary N) is 1. The molecule has 1 aromatic carbocycles. The zero-order valence-corrected chi connectivity index (χ0v) is 10.4. The number of nitrogens with two attached hydrogens (primary N) is 1. The highest BCUT2D eigenvalue weighted by molar-refractivity contribution is 5.95. The van der Waals surface area contributed by atoms with Crippen LogP contribution < -0.4 is 11.1 Å². The summed E-state index contributed by atoms with van der Waals surface area (Å²) in [5.74, 6) is -0.344. The van der Waals surface area contributed by atoms with Crippen LogP contribution in [0.5, 0.6) is 0 Å². The van der Waals surface area contributed by atoms with E-state index in [1.54, 1.807) is 24.5 Å². The first kappa shape index (κ1) is 13.5. The summed E-state index contributed by atoms with van der Waals surface area (Å²) in [7, 11) is 0. The number of nitro benzene ring substituents is 1. The van der Waals surface area contributed by atoms with E-state index in [4.69, 9.17) is 5.73 Å². The van der Waals surface area contributed by atoms with Gasteiger partial charge < -0.3 is 11.1 Å². The summed E-state index contributed by atoms with van der Waals surface area (Å²) in [6, 6.07) is 7.45. The molecule has 0 aliphatic heterocycles. The standard InChI is InChI=1S/C13H12N4O3/c14-11-7-10(1-2-12(11)17(19)20)13(18)16-8-9-3-5-15-6-4-9/h1-7H,8,14H2,(H,16,18). The van der Waals surface area contributed by atoms with Crippen molar-refractivity contribution in [2.75, 3.05) is 5.73 Å². The van der Waals surface area contributed by atoms with Gasteiger partial charge in [-0.2, -0.15) is 0 Å². The second-order valence-electron chi connectivity index (χ2n) is 4.07. The van der Waals surface area contributed by atoms with Crippen LogP contribution in [0.4, 0.5) is 11.4 Å². The van der Waals surface area contributed by atoms with Gasteiger partial charge in [-0.25, -0.2) is 0 Å². The first-order valence-corrected chi connectivity index (χ1v) is 5.79. The number of nitrogens with zero attached hydrogens (tertiary/aromatic N) is 2. The fraction of sp³-hybridized carbons (Fsp3) is 0.0769. The van der Waals surface area contributed by atoms with Crippen molar-refractivity contribution in [3.05, 3.63) is 64.0 Å². The van der Waals surface area contributed by atoms with E-state index in [9.17, 15) is 14.9 Å². The van der Waals surface area contributed by atoms with Crippen LogP contribution in [0.2, 0.25) is 0 Å². The summed E-state index contributed by atoms with van der Waals surface area (Å²) in [5, 5.41) is 13.3. The second-order valence-corrected chi connectivity index (χ2v) is 4.07. The molecule has 0 saturated heterocycles. The first-order chi connectivity index (χ1) is 9.58. The summed E-state index contributed by atoms with van der Waals surface area (Å²) in [6.07, 6.45) is 3.26. The summed E-state index contributed by atoms with van der Waals surface area (Å²) >= 11 is 0. The number of rotatable bonds is 4. The SMILES string of the molecule is Nc1cc(C(=O)NCc2ccncc2)ccc1[N+](=O)[O-]. The number of benzene rings is 1. The smallest absolute Gasteiger partial charge is 0.292 e. The third kappa shape index (κ3) is 3.08. The van der Waals surface area contributed by atoms with E-state index in [0.717, 1.165) is 5.56 Å². The van der Waals surface area contributed by atoms with E-state index in [1.165, 1.54) is 18.2 Å². The van der Waals surface area contributed by atoms with E-state index in [-0.39, 0.29) is 22.8 Å². The minimum absolute atomic E-state index is 0.0356. The molecule has 0 fully saturated rings. The Hall–Kier alpha value is -2.96. The summed E-state index contributed by atoms with van der Waals surface area (Å²) in [6.45, 7) is 0.345. The molecule has 20 heavy (non-hydrogen) atoms. The number of aromatic nitrogens is 1. The fourth-order valence-corrected chi connectivity index (χ4v) is 1.65. The Morgan fingerprint density at radius 3 is 2.60 bits per heavy atom. The topological polar surface area (TPSA) is 111 Å². The van der Waals surface area contributed by atoms with E-state index >= 15 is 0 Å². The Bertz CT molecular complexity index is 643. The summed E-state index contributed by atoms with van der Waals surface area (Å²) < 4.78 is 0. The predicted octanol–water partition coefficient (Wildman–Crippen LogP) is 1.50. The third-order valence-corrected chi connectivity index (χ3v) is 2.69. The number of nitro groups is 1. The number of carbonyl (C=O) groups excluding carboxylic acids is 1. The molecule has 0 saturated carbocycles. The zero-order chi connectivity index (χ0) is 14.5. The molecular weight excluding hydrogens is 260 g/mol. The number of carbonyl (C=O) groups is 1. The van der Waals surface area contributed by atoms with Gasteiger partial charge in [0.1, 0.15) is 5.69 Å². The lowest BCUT2D eigenvalue weighted by molar-refractivity contribution is -0.383. The predicted molar refractivity (Wildman–Crippen MR) is 72.9 cm³/mol. The van der Waals surface area contributed by atoms with Crippen LogP contribution in [-0.4, -0.2) is 15.8 Å². The number of hydrogen-bond donors (Lipinski definition) is 2. The zero-order valence-electron chi connectivity index (χ0n) is 10.4. The number of hydrogen-bond acceptors (Lipinski definition) is 5. The van der Waals surface area contributed by atoms with Crippen LogP contribution >= 0.6 is 0 Å². The number of nitrogen functional groups attached to an aromatic ring is 1. The Labute approximate surface area is 114 Å². The van der Waals surface area contributed by atoms with Gasteiger partial charge in [-0.05, 0) is 29.8 Å². The van der Waals surface area contributed by atoms with Crippen LogP contribution in [0.3, 0.4) is 0 Å². The van der Waals surface area contributed by atoms with Gasteiger partial charge in [0, 0.05) is 30.6 Å². The lowest BCUT2D eigenvalue weighted by Crippen LogP contribution is -2.22. The maximum absolute atomic E-state index is 11.9. The number of amides is 1. The number of pyridine rings is 1. The maximum atomic E-state index is 11.9. The van der Waals surface area contributed by atoms with Crippen LogP contribution in [0, 0.1) is 10.1 Å². The van der Waals surface area contributed by atoms with Gasteiger partial charge in [0.05, 0.1) is 4.92 Å². The molecule has 2 aromatic rings. The quantitative estimate of drug-likeness (QED) is 0.497. The van der Waals surface area contributed by atoms with Crippen molar-refractivity contribution in [3.8, 4) is 0 Å². The van der Waals surface area contributed by atoms with Crippen molar-refractivity contribution in [2.45, 2.75) is 6.54 Å². The van der Waals surface area contributed by atoms with Gasteiger partial charge >= 0.3 is 0 Å². The highest BCUT2D eigenvalue weighted by atomic mass is 16.6. The van der Waals surface area contributed by atoms with Crippen molar-refractivity contribution in [2.24, 2.45) is 0 Å². The molecule has 7 nitrogen and oxygen atoms in total. The molecule has 2 rings (SSSR count). The van der Waals surface area contributed by atoms with Crippen LogP contribution in [-0.2, 0) is 6.54 Å². The lowest BCUT2D eigenvalue weighted by Gasteiger charge is -2.06. The van der Waals surface area contributed by atoms with Crippen LogP contribution in [0.25, 0.3) is 0 Å². The highest BCUT2D eigenvalue weighted by Gasteiger charge is 2.14. The number of anilines is 1. The Morgan fingerprint density at radius 1 is 1.30 bits per heavy atom. The molecule has 0 spiro atoms. The molecular formula is C13H12N4O3. The van der Waals surface area contributed by atoms with Gasteiger partial charge in [0.25, 0.3) is 11.6 Å². The molecule has 0 atom stereocenters. The average Bonchev–Trinajstić information content (AvgIpc) is 2.45. The van der Waals surface area contributed by atoms with E-state index in [0.29, 0.717) is 6.54 Å². The second kappa shape index (κ2) is 5.79. The maximum Gasteiger partial charge on any atom is 0.292 e. The molecule has 1 heterocycles. The van der Waals surface area contributed by atoms with Gasteiger partial charge in [0.15, 0.2) is 0 Å². The molecule has 0 radical (unpaired) electrons. The summed E-state index contributed by atoms with van der Waals surface area (Å²) in [4.78, 5) is 25.8. The van der Waals surface area contributed by atoms with Gasteiger partial charge in [-0.15, -0.1) is 0 Å². The van der Waals surface area contributed by atoms with Crippen molar-refractivity contribution < 1.29 is 9.72 Å². The van der Waals surface area contributed by atoms with Crippen LogP contribution in [0.15, 0.2) is 42.7 Å². The molecule has 3 N–H and O–H groups in total. The molecule has 0 unspecified atom stereocenters. The normalized spacial score (nSPS) is 10.0. The van der Waals surface area contributed by atoms with E-state index in [2.05, 4.69) is 10.3 Å². The van der Waals surface area contributed by atoms with Crippen molar-refractivity contribution in [1.82, 2.24) is 10.3 Å². The molecule has 0 bridgehead atoms. The fourth-order valence-electron chi connectivity index (χ4n) is 1.65. The molecule has 7 heteroatoms. The van der Waals surface area contributed by atoms with E-state index < -0.39 is 4.92 Å². The lowest BCUT2D eigenvalue weighted by atomic mass is 10.1. The molecule has 1 aromatic heterocycles. The monoisotopic (exact) mass is 272 g/mol. The Balaban J connectivity index is 2.06. The van der Waals surface area contributed by atoms with Gasteiger partial charge in [0.2, 0.25) is 0 Å². The Morgan fingerprint density at radius 2 is 2.00 bits per heavy atom. The third-order valence-electron chi connectivity index (χ3n) is 2.69. The van der Waals surface area contributed by atoms with Crippen molar-refractivity contribution in [1.29, 1.82) is 0 Å². The minimum Gasteiger partial charge on any atom is -0.393 e. The van der Waals surface area contributed by atoms with Gasteiger partial charge in [-0.3, -0.25) is 19.9 Å². The molecule has 0 aliphatic carbocycles. The van der Waals surface area contributed by atoms with Crippen molar-refractivity contribution in [3.63, 3.8) is 0 Å². The molecule has 1 amide bonds. The highest BCUT2D eigenvalue weighted by Crippen LogP contribution is 2.21. The van der Waals surface area contributed by atoms with Crippen molar-refractivity contribution >= 4 is 17.3 Å². The summed E-state index contributed by atoms with van der Waals surface area (Å²) in [5.41, 5.74) is 6.48. The largest absolute Gasteiger partial charge is 0.393 e. The Kier molecular flexibility index (Phi) is 3.90. The average molecular weight is 272 g/mol. The molecule has 0 aliphatic rings. The minimum atomic E-state index is -0.589. The first-order valence-electron chi connectivity index (χ1n) is 5.79. The molecule has 102 valence electrons. The van der Waals surface area contributed by atoms with Gasteiger partial charge in [-0.1, -0.05) is 0 Å².